The van der Waals surface area contributed by atoms with Gasteiger partial charge in [0, 0.05) is 18.1 Å². The molecule has 3 aromatic carbocycles. The van der Waals surface area contributed by atoms with Gasteiger partial charge in [-0.15, -0.1) is 0 Å². The van der Waals surface area contributed by atoms with Crippen LogP contribution in [0.1, 0.15) is 36.1 Å². The second kappa shape index (κ2) is 12.5. The Labute approximate surface area is 230 Å². The molecule has 3 aromatic rings. The summed E-state index contributed by atoms with van der Waals surface area (Å²) in [6.07, 6.45) is 0. The predicted molar refractivity (Wildman–Crippen MR) is 152 cm³/mol. The minimum absolute atomic E-state index is 0.0530. The molecule has 0 saturated carbocycles. The molecule has 202 valence electrons. The number of carbonyl (C=O) groups excluding carboxylic acids is 2. The summed E-state index contributed by atoms with van der Waals surface area (Å²) in [5.74, 6) is -0.833. The number of halogens is 1. The zero-order chi connectivity index (χ0) is 28.0. The quantitative estimate of drug-likeness (QED) is 0.381. The fourth-order valence-electron chi connectivity index (χ4n) is 4.11. The number of carbonyl (C=O) groups is 2. The molecule has 3 rings (SSSR count). The van der Waals surface area contributed by atoms with Gasteiger partial charge in [-0.05, 0) is 70.0 Å². The zero-order valence-electron chi connectivity index (χ0n) is 22.4. The number of amides is 2. The lowest BCUT2D eigenvalue weighted by molar-refractivity contribution is -0.139. The molecular formula is C29H34ClN3O4S. The number of hydrogen-bond acceptors (Lipinski definition) is 4. The Hall–Kier alpha value is -3.36. The van der Waals surface area contributed by atoms with Crippen molar-refractivity contribution in [3.8, 4) is 0 Å². The highest BCUT2D eigenvalue weighted by Crippen LogP contribution is 2.30. The van der Waals surface area contributed by atoms with Crippen molar-refractivity contribution in [2.75, 3.05) is 17.4 Å². The van der Waals surface area contributed by atoms with E-state index in [0.29, 0.717) is 22.8 Å². The number of sulfonamides is 1. The van der Waals surface area contributed by atoms with Gasteiger partial charge in [0.05, 0.1) is 10.6 Å². The van der Waals surface area contributed by atoms with Crippen molar-refractivity contribution in [3.63, 3.8) is 0 Å². The third-order valence-electron chi connectivity index (χ3n) is 6.28. The number of aryl methyl sites for hydroxylation is 3. The van der Waals surface area contributed by atoms with Gasteiger partial charge < -0.3 is 10.2 Å². The Morgan fingerprint density at radius 1 is 0.947 bits per heavy atom. The van der Waals surface area contributed by atoms with E-state index in [4.69, 9.17) is 11.6 Å². The van der Waals surface area contributed by atoms with E-state index in [2.05, 4.69) is 5.32 Å². The Morgan fingerprint density at radius 3 is 2.26 bits per heavy atom. The summed E-state index contributed by atoms with van der Waals surface area (Å²) >= 11 is 6.26. The molecule has 1 N–H and O–H groups in total. The highest BCUT2D eigenvalue weighted by Gasteiger charge is 2.33. The molecule has 2 amide bonds. The zero-order valence-corrected chi connectivity index (χ0v) is 23.9. The smallest absolute Gasteiger partial charge is 0.264 e. The maximum Gasteiger partial charge on any atom is 0.264 e. The van der Waals surface area contributed by atoms with Crippen molar-refractivity contribution in [1.82, 2.24) is 10.2 Å². The standard InChI is InChI=1S/C29H34ClN3O4S/c1-6-31-29(35)23(5)32(18-24-9-7-8-21(3)16-24)28(34)19-33(27-17-25(30)13-12-22(27)4)38(36,37)26-14-10-20(2)11-15-26/h7-17,23H,6,18-19H2,1-5H3,(H,31,35)/t23-/m1/s1. The molecule has 0 aliphatic rings. The molecule has 7 nitrogen and oxygen atoms in total. The minimum atomic E-state index is -4.15. The van der Waals surface area contributed by atoms with Gasteiger partial charge in [0.25, 0.3) is 10.0 Å². The van der Waals surface area contributed by atoms with Crippen LogP contribution in [0.25, 0.3) is 0 Å². The largest absolute Gasteiger partial charge is 0.355 e. The van der Waals surface area contributed by atoms with E-state index in [1.165, 1.54) is 23.1 Å². The number of benzene rings is 3. The molecule has 0 fully saturated rings. The van der Waals surface area contributed by atoms with E-state index in [0.717, 1.165) is 21.0 Å². The number of nitrogens with zero attached hydrogens (tertiary/aromatic N) is 2. The predicted octanol–water partition coefficient (Wildman–Crippen LogP) is 5.01. The van der Waals surface area contributed by atoms with Gasteiger partial charge in [0.2, 0.25) is 11.8 Å². The Bertz CT molecular complexity index is 1410. The molecule has 0 spiro atoms. The highest BCUT2D eigenvalue weighted by molar-refractivity contribution is 7.92. The lowest BCUT2D eigenvalue weighted by Crippen LogP contribution is -2.51. The number of rotatable bonds is 10. The molecule has 1 atom stereocenters. The van der Waals surface area contributed by atoms with E-state index in [1.54, 1.807) is 45.0 Å². The first kappa shape index (κ1) is 29.2. The molecule has 0 heterocycles. The maximum absolute atomic E-state index is 13.9. The average Bonchev–Trinajstić information content (AvgIpc) is 2.87. The molecule has 0 aromatic heterocycles. The van der Waals surface area contributed by atoms with Gasteiger partial charge in [-0.1, -0.05) is 65.2 Å². The fraction of sp³-hybridized carbons (Fsp3) is 0.310. The van der Waals surface area contributed by atoms with Crippen molar-refractivity contribution in [1.29, 1.82) is 0 Å². The van der Waals surface area contributed by atoms with Gasteiger partial charge in [-0.3, -0.25) is 13.9 Å². The molecule has 0 aliphatic carbocycles. The molecule has 0 aliphatic heterocycles. The monoisotopic (exact) mass is 555 g/mol. The van der Waals surface area contributed by atoms with E-state index < -0.39 is 28.5 Å². The lowest BCUT2D eigenvalue weighted by Gasteiger charge is -2.32. The summed E-state index contributed by atoms with van der Waals surface area (Å²) in [7, 11) is -4.15. The third kappa shape index (κ3) is 6.94. The van der Waals surface area contributed by atoms with Gasteiger partial charge in [-0.25, -0.2) is 8.42 Å². The summed E-state index contributed by atoms with van der Waals surface area (Å²) in [5, 5.41) is 3.10. The topological polar surface area (TPSA) is 86.8 Å². The van der Waals surface area contributed by atoms with Gasteiger partial charge in [0.15, 0.2) is 0 Å². The number of likely N-dealkylation sites (N-methyl/N-ethyl adjacent to an activating group) is 1. The maximum atomic E-state index is 13.9. The molecular weight excluding hydrogens is 522 g/mol. The molecule has 0 radical (unpaired) electrons. The molecule has 9 heteroatoms. The van der Waals surface area contributed by atoms with Crippen molar-refractivity contribution >= 4 is 39.1 Å². The van der Waals surface area contributed by atoms with Crippen LogP contribution in [0.2, 0.25) is 5.02 Å². The lowest BCUT2D eigenvalue weighted by atomic mass is 10.1. The first-order valence-electron chi connectivity index (χ1n) is 12.4. The average molecular weight is 556 g/mol. The van der Waals surface area contributed by atoms with Crippen LogP contribution in [0.4, 0.5) is 5.69 Å². The SMILES string of the molecule is CCNC(=O)[C@@H](C)N(Cc1cccc(C)c1)C(=O)CN(c1cc(Cl)ccc1C)S(=O)(=O)c1ccc(C)cc1. The fourth-order valence-corrected chi connectivity index (χ4v) is 5.75. The van der Waals surface area contributed by atoms with E-state index in [9.17, 15) is 18.0 Å². The molecule has 0 unspecified atom stereocenters. The van der Waals surface area contributed by atoms with Gasteiger partial charge in [0.1, 0.15) is 12.6 Å². The number of hydrogen-bond donors (Lipinski definition) is 1. The Balaban J connectivity index is 2.08. The Kier molecular flexibility index (Phi) is 9.57. The van der Waals surface area contributed by atoms with Crippen molar-refractivity contribution < 1.29 is 18.0 Å². The molecule has 0 bridgehead atoms. The second-order valence-electron chi connectivity index (χ2n) is 9.34. The summed E-state index contributed by atoms with van der Waals surface area (Å²) in [4.78, 5) is 28.2. The van der Waals surface area contributed by atoms with Crippen molar-refractivity contribution in [3.05, 3.63) is 94.0 Å². The first-order chi connectivity index (χ1) is 17.9. The van der Waals surface area contributed by atoms with Crippen LogP contribution >= 0.6 is 11.6 Å². The van der Waals surface area contributed by atoms with Crippen LogP contribution in [0, 0.1) is 20.8 Å². The van der Waals surface area contributed by atoms with Crippen molar-refractivity contribution in [2.45, 2.75) is 52.1 Å². The normalized spacial score (nSPS) is 12.1. The Morgan fingerprint density at radius 2 is 1.63 bits per heavy atom. The van der Waals surface area contributed by atoms with Crippen LogP contribution in [-0.2, 0) is 26.2 Å². The van der Waals surface area contributed by atoms with E-state index >= 15 is 0 Å². The van der Waals surface area contributed by atoms with Crippen LogP contribution in [0.5, 0.6) is 0 Å². The van der Waals surface area contributed by atoms with E-state index in [1.807, 2.05) is 38.1 Å². The van der Waals surface area contributed by atoms with Gasteiger partial charge >= 0.3 is 0 Å². The summed E-state index contributed by atoms with van der Waals surface area (Å²) in [6, 6.07) is 18.2. The number of anilines is 1. The number of nitrogens with one attached hydrogen (secondary N) is 1. The summed E-state index contributed by atoms with van der Waals surface area (Å²) < 4.78 is 28.9. The van der Waals surface area contributed by atoms with Crippen LogP contribution in [0.3, 0.4) is 0 Å². The van der Waals surface area contributed by atoms with Crippen LogP contribution in [-0.4, -0.2) is 44.3 Å². The first-order valence-corrected chi connectivity index (χ1v) is 14.2. The summed E-state index contributed by atoms with van der Waals surface area (Å²) in [5.41, 5.74) is 3.69. The van der Waals surface area contributed by atoms with Crippen LogP contribution in [0.15, 0.2) is 71.6 Å². The van der Waals surface area contributed by atoms with E-state index in [-0.39, 0.29) is 17.3 Å². The second-order valence-corrected chi connectivity index (χ2v) is 11.6. The highest BCUT2D eigenvalue weighted by atomic mass is 35.5. The third-order valence-corrected chi connectivity index (χ3v) is 8.29. The molecule has 38 heavy (non-hydrogen) atoms. The molecule has 0 saturated heterocycles. The van der Waals surface area contributed by atoms with Gasteiger partial charge in [-0.2, -0.15) is 0 Å². The van der Waals surface area contributed by atoms with Crippen molar-refractivity contribution in [2.24, 2.45) is 0 Å². The van der Waals surface area contributed by atoms with Crippen LogP contribution < -0.4 is 9.62 Å². The minimum Gasteiger partial charge on any atom is -0.355 e. The summed E-state index contributed by atoms with van der Waals surface area (Å²) in [6.45, 7) is 9.06.